The third-order valence-electron chi connectivity index (χ3n) is 4.52. The Morgan fingerprint density at radius 2 is 2.05 bits per heavy atom. The second-order valence-electron chi connectivity index (χ2n) is 5.91. The molecular weight excluding hydrogens is 264 g/mol. The first-order valence-corrected chi connectivity index (χ1v) is 7.30. The lowest BCUT2D eigenvalue weighted by Crippen LogP contribution is -2.49. The summed E-state index contributed by atoms with van der Waals surface area (Å²) in [5.74, 6) is 0.113. The van der Waals surface area contributed by atoms with E-state index in [1.807, 2.05) is 41.4 Å². The van der Waals surface area contributed by atoms with E-state index in [4.69, 9.17) is 0 Å². The molecule has 5 heteroatoms. The number of pyridine rings is 1. The van der Waals surface area contributed by atoms with Gasteiger partial charge in [-0.25, -0.2) is 0 Å². The molecule has 2 aromatic rings. The standard InChI is InChI=1S/C16H18N4O/c1-18-10-14-15(11-18)20(9-12-5-2-3-7-17-12)16(21)13-6-4-8-19(13)14/h2-8,14-15H,9-11H2,1H3. The van der Waals surface area contributed by atoms with Crippen molar-refractivity contribution in [2.24, 2.45) is 0 Å². The second kappa shape index (κ2) is 4.70. The molecule has 1 saturated heterocycles. The number of likely N-dealkylation sites (N-methyl/N-ethyl adjacent to an activating group) is 1. The molecular formula is C16H18N4O. The summed E-state index contributed by atoms with van der Waals surface area (Å²) in [4.78, 5) is 21.4. The van der Waals surface area contributed by atoms with E-state index in [-0.39, 0.29) is 11.9 Å². The molecule has 2 aromatic heterocycles. The molecule has 1 fully saturated rings. The molecule has 2 aliphatic rings. The molecule has 2 unspecified atom stereocenters. The van der Waals surface area contributed by atoms with Crippen LogP contribution in [0.25, 0.3) is 0 Å². The van der Waals surface area contributed by atoms with E-state index < -0.39 is 0 Å². The molecule has 2 atom stereocenters. The highest BCUT2D eigenvalue weighted by molar-refractivity contribution is 5.94. The van der Waals surface area contributed by atoms with Crippen molar-refractivity contribution in [1.82, 2.24) is 19.4 Å². The van der Waals surface area contributed by atoms with Gasteiger partial charge in [0.25, 0.3) is 5.91 Å². The van der Waals surface area contributed by atoms with Crippen LogP contribution in [0.5, 0.6) is 0 Å². The summed E-state index contributed by atoms with van der Waals surface area (Å²) in [6.07, 6.45) is 3.81. The van der Waals surface area contributed by atoms with Crippen LogP contribution in [0.15, 0.2) is 42.7 Å². The Morgan fingerprint density at radius 3 is 2.86 bits per heavy atom. The normalized spacial score (nSPS) is 25.0. The van der Waals surface area contributed by atoms with E-state index in [9.17, 15) is 4.79 Å². The maximum atomic E-state index is 12.8. The number of carbonyl (C=O) groups is 1. The first-order valence-electron chi connectivity index (χ1n) is 7.30. The molecule has 0 bridgehead atoms. The van der Waals surface area contributed by atoms with Crippen LogP contribution in [-0.2, 0) is 6.54 Å². The fourth-order valence-electron chi connectivity index (χ4n) is 3.55. The van der Waals surface area contributed by atoms with Crippen molar-refractivity contribution in [3.63, 3.8) is 0 Å². The van der Waals surface area contributed by atoms with Gasteiger partial charge in [0.2, 0.25) is 0 Å². The first-order chi connectivity index (χ1) is 10.2. The van der Waals surface area contributed by atoms with Crippen LogP contribution in [0.1, 0.15) is 22.2 Å². The lowest BCUT2D eigenvalue weighted by atomic mass is 10.1. The lowest BCUT2D eigenvalue weighted by Gasteiger charge is -2.38. The Labute approximate surface area is 123 Å². The third kappa shape index (κ3) is 1.96. The number of aromatic nitrogens is 2. The summed E-state index contributed by atoms with van der Waals surface area (Å²) >= 11 is 0. The zero-order valence-electron chi connectivity index (χ0n) is 12.0. The van der Waals surface area contributed by atoms with Crippen LogP contribution in [0.3, 0.4) is 0 Å². The van der Waals surface area contributed by atoms with E-state index >= 15 is 0 Å². The van der Waals surface area contributed by atoms with Gasteiger partial charge in [0.05, 0.1) is 24.3 Å². The summed E-state index contributed by atoms with van der Waals surface area (Å²) in [6, 6.07) is 10.3. The van der Waals surface area contributed by atoms with Gasteiger partial charge in [-0.1, -0.05) is 6.07 Å². The largest absolute Gasteiger partial charge is 0.337 e. The summed E-state index contributed by atoms with van der Waals surface area (Å²) in [5.41, 5.74) is 1.74. The Balaban J connectivity index is 1.72. The van der Waals surface area contributed by atoms with Gasteiger partial charge in [-0.05, 0) is 31.3 Å². The third-order valence-corrected chi connectivity index (χ3v) is 4.52. The van der Waals surface area contributed by atoms with Gasteiger partial charge in [-0.15, -0.1) is 0 Å². The second-order valence-corrected chi connectivity index (χ2v) is 5.91. The molecule has 0 spiro atoms. The van der Waals surface area contributed by atoms with Gasteiger partial charge in [0.1, 0.15) is 5.69 Å². The van der Waals surface area contributed by atoms with Crippen molar-refractivity contribution < 1.29 is 4.79 Å². The Hall–Kier alpha value is -2.14. The smallest absolute Gasteiger partial charge is 0.271 e. The van der Waals surface area contributed by atoms with Crippen molar-refractivity contribution >= 4 is 5.91 Å². The number of nitrogens with zero attached hydrogens (tertiary/aromatic N) is 4. The molecule has 0 N–H and O–H groups in total. The van der Waals surface area contributed by atoms with Crippen LogP contribution in [0.2, 0.25) is 0 Å². The summed E-state index contributed by atoms with van der Waals surface area (Å²) in [7, 11) is 2.12. The maximum absolute atomic E-state index is 12.8. The van der Waals surface area contributed by atoms with Crippen molar-refractivity contribution in [3.8, 4) is 0 Å². The minimum Gasteiger partial charge on any atom is -0.337 e. The summed E-state index contributed by atoms with van der Waals surface area (Å²) in [6.45, 7) is 2.49. The molecule has 108 valence electrons. The van der Waals surface area contributed by atoms with Gasteiger partial charge in [0, 0.05) is 25.5 Å². The van der Waals surface area contributed by atoms with E-state index in [1.54, 1.807) is 6.20 Å². The summed E-state index contributed by atoms with van der Waals surface area (Å²) < 4.78 is 2.14. The summed E-state index contributed by atoms with van der Waals surface area (Å²) in [5, 5.41) is 0. The van der Waals surface area contributed by atoms with Crippen LogP contribution < -0.4 is 0 Å². The average Bonchev–Trinajstić information content (AvgIpc) is 3.10. The van der Waals surface area contributed by atoms with Crippen LogP contribution in [0.4, 0.5) is 0 Å². The fraction of sp³-hybridized carbons (Fsp3) is 0.375. The van der Waals surface area contributed by atoms with Crippen molar-refractivity contribution in [3.05, 3.63) is 54.1 Å². The van der Waals surface area contributed by atoms with Gasteiger partial charge in [0.15, 0.2) is 0 Å². The highest BCUT2D eigenvalue weighted by Crippen LogP contribution is 2.33. The number of likely N-dealkylation sites (tertiary alicyclic amines) is 1. The average molecular weight is 282 g/mol. The SMILES string of the molecule is CN1CC2C(C1)n1cccc1C(=O)N2Cc1ccccn1. The van der Waals surface area contributed by atoms with Gasteiger partial charge < -0.3 is 14.4 Å². The molecule has 4 heterocycles. The van der Waals surface area contributed by atoms with Gasteiger partial charge in [-0.3, -0.25) is 9.78 Å². The van der Waals surface area contributed by atoms with E-state index in [1.165, 1.54) is 0 Å². The minimum atomic E-state index is 0.113. The lowest BCUT2D eigenvalue weighted by molar-refractivity contribution is 0.0555. The zero-order chi connectivity index (χ0) is 14.4. The molecule has 0 saturated carbocycles. The first kappa shape index (κ1) is 12.6. The van der Waals surface area contributed by atoms with E-state index in [0.29, 0.717) is 12.6 Å². The molecule has 0 aliphatic carbocycles. The predicted molar refractivity (Wildman–Crippen MR) is 78.9 cm³/mol. The molecule has 21 heavy (non-hydrogen) atoms. The molecule has 1 amide bonds. The van der Waals surface area contributed by atoms with Crippen molar-refractivity contribution in [2.45, 2.75) is 18.6 Å². The van der Waals surface area contributed by atoms with Crippen molar-refractivity contribution in [2.75, 3.05) is 20.1 Å². The molecule has 0 aromatic carbocycles. The molecule has 5 nitrogen and oxygen atoms in total. The number of carbonyl (C=O) groups excluding carboxylic acids is 1. The Bertz CT molecular complexity index is 666. The van der Waals surface area contributed by atoms with Crippen LogP contribution >= 0.6 is 0 Å². The number of hydrogen-bond acceptors (Lipinski definition) is 3. The Kier molecular flexibility index (Phi) is 2.82. The quantitative estimate of drug-likeness (QED) is 0.836. The molecule has 2 aliphatic heterocycles. The number of fused-ring (bicyclic) bond motifs is 3. The van der Waals surface area contributed by atoms with Crippen LogP contribution in [-0.4, -0.2) is 51.4 Å². The number of hydrogen-bond donors (Lipinski definition) is 0. The molecule has 4 rings (SSSR count). The molecule has 0 radical (unpaired) electrons. The minimum absolute atomic E-state index is 0.113. The zero-order valence-corrected chi connectivity index (χ0v) is 12.0. The number of amides is 1. The highest BCUT2D eigenvalue weighted by atomic mass is 16.2. The van der Waals surface area contributed by atoms with E-state index in [0.717, 1.165) is 24.5 Å². The Morgan fingerprint density at radius 1 is 1.19 bits per heavy atom. The monoisotopic (exact) mass is 282 g/mol. The van der Waals surface area contributed by atoms with Gasteiger partial charge >= 0.3 is 0 Å². The predicted octanol–water partition coefficient (Wildman–Crippen LogP) is 1.39. The maximum Gasteiger partial charge on any atom is 0.271 e. The highest BCUT2D eigenvalue weighted by Gasteiger charge is 2.43. The number of rotatable bonds is 2. The van der Waals surface area contributed by atoms with Gasteiger partial charge in [-0.2, -0.15) is 0 Å². The van der Waals surface area contributed by atoms with E-state index in [2.05, 4.69) is 21.5 Å². The topological polar surface area (TPSA) is 41.4 Å². The van der Waals surface area contributed by atoms with Crippen molar-refractivity contribution in [1.29, 1.82) is 0 Å². The van der Waals surface area contributed by atoms with Crippen LogP contribution in [0, 0.1) is 0 Å². The fourth-order valence-corrected chi connectivity index (χ4v) is 3.55.